The van der Waals surface area contributed by atoms with E-state index in [9.17, 15) is 9.18 Å². The number of hydrogen-bond donors (Lipinski definition) is 1. The van der Waals surface area contributed by atoms with Crippen LogP contribution in [0.2, 0.25) is 5.02 Å². The number of hydrogen-bond acceptors (Lipinski definition) is 2. The summed E-state index contributed by atoms with van der Waals surface area (Å²) in [6, 6.07) is 4.79. The molecular formula is C16H22ClFN2O. The van der Waals surface area contributed by atoms with Crippen molar-refractivity contribution < 1.29 is 9.18 Å². The van der Waals surface area contributed by atoms with Gasteiger partial charge in [0, 0.05) is 19.1 Å². The van der Waals surface area contributed by atoms with E-state index in [-0.39, 0.29) is 10.6 Å². The van der Waals surface area contributed by atoms with Crippen molar-refractivity contribution in [3.8, 4) is 0 Å². The van der Waals surface area contributed by atoms with Crippen molar-refractivity contribution in [1.82, 2.24) is 10.2 Å². The Kier molecular flexibility index (Phi) is 5.59. The monoisotopic (exact) mass is 312 g/mol. The first-order chi connectivity index (χ1) is 9.99. The van der Waals surface area contributed by atoms with Gasteiger partial charge in [-0.15, -0.1) is 0 Å². The summed E-state index contributed by atoms with van der Waals surface area (Å²) in [7, 11) is 0. The highest BCUT2D eigenvalue weighted by atomic mass is 35.5. The average molecular weight is 313 g/mol. The van der Waals surface area contributed by atoms with Crippen molar-refractivity contribution in [2.75, 3.05) is 19.6 Å². The Balaban J connectivity index is 1.92. The fraction of sp³-hybridized carbons (Fsp3) is 0.562. The molecule has 0 aromatic heterocycles. The van der Waals surface area contributed by atoms with Crippen molar-refractivity contribution in [3.05, 3.63) is 34.6 Å². The Morgan fingerprint density at radius 3 is 2.95 bits per heavy atom. The van der Waals surface area contributed by atoms with Gasteiger partial charge in [0.2, 0.25) is 0 Å². The topological polar surface area (TPSA) is 32.3 Å². The van der Waals surface area contributed by atoms with E-state index in [0.29, 0.717) is 18.5 Å². The molecule has 1 amide bonds. The number of amides is 1. The summed E-state index contributed by atoms with van der Waals surface area (Å²) < 4.78 is 13.7. The number of carbonyl (C=O) groups excluding carboxylic acids is 1. The number of piperidine rings is 1. The van der Waals surface area contributed by atoms with Gasteiger partial charge in [-0.2, -0.15) is 0 Å². The maximum absolute atomic E-state index is 13.7. The zero-order valence-corrected chi connectivity index (χ0v) is 13.3. The van der Waals surface area contributed by atoms with E-state index in [1.807, 2.05) is 0 Å². The van der Waals surface area contributed by atoms with Crippen LogP contribution in [0.3, 0.4) is 0 Å². The number of nitrogens with one attached hydrogen (secondary N) is 1. The number of halogens is 2. The van der Waals surface area contributed by atoms with E-state index < -0.39 is 11.7 Å². The summed E-state index contributed by atoms with van der Waals surface area (Å²) in [4.78, 5) is 14.5. The molecule has 1 aliphatic rings. The van der Waals surface area contributed by atoms with Gasteiger partial charge in [0.1, 0.15) is 5.82 Å². The van der Waals surface area contributed by atoms with Gasteiger partial charge in [0.25, 0.3) is 5.91 Å². The predicted molar refractivity (Wildman–Crippen MR) is 83.2 cm³/mol. The van der Waals surface area contributed by atoms with E-state index in [2.05, 4.69) is 24.1 Å². The van der Waals surface area contributed by atoms with Gasteiger partial charge >= 0.3 is 0 Å². The lowest BCUT2D eigenvalue weighted by atomic mass is 9.97. The minimum absolute atomic E-state index is 0.0595. The predicted octanol–water partition coefficient (Wildman–Crippen LogP) is 3.33. The Bertz CT molecular complexity index is 487. The molecule has 1 aromatic carbocycles. The molecule has 0 aliphatic carbocycles. The highest BCUT2D eigenvalue weighted by molar-refractivity contribution is 6.33. The third kappa shape index (κ3) is 4.17. The van der Waals surface area contributed by atoms with Crippen LogP contribution in [0.15, 0.2) is 18.2 Å². The summed E-state index contributed by atoms with van der Waals surface area (Å²) in [5.41, 5.74) is -0.0595. The lowest BCUT2D eigenvalue weighted by Crippen LogP contribution is -2.43. The Morgan fingerprint density at radius 2 is 2.29 bits per heavy atom. The molecular weight excluding hydrogens is 291 g/mol. The fourth-order valence-electron chi connectivity index (χ4n) is 2.77. The van der Waals surface area contributed by atoms with Crippen LogP contribution in [0.1, 0.15) is 37.0 Å². The first-order valence-corrected chi connectivity index (χ1v) is 7.83. The zero-order valence-electron chi connectivity index (χ0n) is 12.5. The summed E-state index contributed by atoms with van der Waals surface area (Å²) >= 11 is 5.90. The number of likely N-dealkylation sites (tertiary alicyclic amines) is 1. The molecule has 1 unspecified atom stereocenters. The van der Waals surface area contributed by atoms with Crippen LogP contribution in [0.5, 0.6) is 0 Å². The number of benzene rings is 1. The molecule has 0 bridgehead atoms. The molecule has 0 spiro atoms. The van der Waals surface area contributed by atoms with Crippen LogP contribution < -0.4 is 5.32 Å². The molecule has 1 fully saturated rings. The molecule has 1 atom stereocenters. The van der Waals surface area contributed by atoms with Crippen LogP contribution in [0.4, 0.5) is 4.39 Å². The fourth-order valence-corrected chi connectivity index (χ4v) is 3.02. The third-order valence-corrected chi connectivity index (χ3v) is 4.34. The van der Waals surface area contributed by atoms with E-state index in [4.69, 9.17) is 11.6 Å². The lowest BCUT2D eigenvalue weighted by molar-refractivity contribution is 0.0919. The second-order valence-electron chi connectivity index (χ2n) is 5.90. The first-order valence-electron chi connectivity index (χ1n) is 7.45. The molecule has 116 valence electrons. The normalized spacial score (nSPS) is 19.8. The van der Waals surface area contributed by atoms with Crippen molar-refractivity contribution in [3.63, 3.8) is 0 Å². The highest BCUT2D eigenvalue weighted by Gasteiger charge is 2.23. The zero-order chi connectivity index (χ0) is 15.4. The van der Waals surface area contributed by atoms with E-state index in [1.165, 1.54) is 18.2 Å². The van der Waals surface area contributed by atoms with Gasteiger partial charge in [-0.25, -0.2) is 4.39 Å². The van der Waals surface area contributed by atoms with Crippen LogP contribution >= 0.6 is 11.6 Å². The van der Waals surface area contributed by atoms with Gasteiger partial charge < -0.3 is 10.2 Å². The lowest BCUT2D eigenvalue weighted by Gasteiger charge is -2.35. The smallest absolute Gasteiger partial charge is 0.255 e. The van der Waals surface area contributed by atoms with Gasteiger partial charge in [-0.3, -0.25) is 4.79 Å². The average Bonchev–Trinajstić information content (AvgIpc) is 2.45. The molecule has 1 heterocycles. The van der Waals surface area contributed by atoms with Crippen LogP contribution in [-0.4, -0.2) is 36.5 Å². The Morgan fingerprint density at radius 1 is 1.52 bits per heavy atom. The van der Waals surface area contributed by atoms with Crippen molar-refractivity contribution in [1.29, 1.82) is 0 Å². The van der Waals surface area contributed by atoms with E-state index >= 15 is 0 Å². The first kappa shape index (κ1) is 16.2. The highest BCUT2D eigenvalue weighted by Crippen LogP contribution is 2.20. The third-order valence-electron chi connectivity index (χ3n) is 4.02. The Labute approximate surface area is 130 Å². The van der Waals surface area contributed by atoms with Gasteiger partial charge in [0.05, 0.1) is 10.6 Å². The van der Waals surface area contributed by atoms with Crippen LogP contribution in [-0.2, 0) is 0 Å². The largest absolute Gasteiger partial charge is 0.352 e. The standard InChI is InChI=1S/C16H22ClFN2O/c1-11(2)20-8-4-5-12(10-20)9-19-16(21)15-13(17)6-3-7-14(15)18/h3,6-7,11-12H,4-5,8-10H2,1-2H3,(H,19,21). The van der Waals surface area contributed by atoms with E-state index in [0.717, 1.165) is 25.9 Å². The summed E-state index contributed by atoms with van der Waals surface area (Å²) in [6.07, 6.45) is 2.23. The molecule has 1 aliphatic heterocycles. The van der Waals surface area contributed by atoms with Gasteiger partial charge in [-0.1, -0.05) is 17.7 Å². The molecule has 2 rings (SSSR count). The van der Waals surface area contributed by atoms with Gasteiger partial charge in [0.15, 0.2) is 0 Å². The molecule has 1 aromatic rings. The van der Waals surface area contributed by atoms with E-state index in [1.54, 1.807) is 0 Å². The molecule has 0 saturated carbocycles. The molecule has 21 heavy (non-hydrogen) atoms. The SMILES string of the molecule is CC(C)N1CCCC(CNC(=O)c2c(F)cccc2Cl)C1. The molecule has 0 radical (unpaired) electrons. The van der Waals surface area contributed by atoms with Crippen molar-refractivity contribution in [2.45, 2.75) is 32.7 Å². The summed E-state index contributed by atoms with van der Waals surface area (Å²) in [5, 5.41) is 2.97. The van der Waals surface area contributed by atoms with Crippen LogP contribution in [0.25, 0.3) is 0 Å². The number of rotatable bonds is 4. The summed E-state index contributed by atoms with van der Waals surface area (Å²) in [5.74, 6) is -0.595. The Hall–Kier alpha value is -1.13. The quantitative estimate of drug-likeness (QED) is 0.925. The molecule has 3 nitrogen and oxygen atoms in total. The maximum atomic E-state index is 13.7. The maximum Gasteiger partial charge on any atom is 0.255 e. The van der Waals surface area contributed by atoms with Crippen LogP contribution in [0, 0.1) is 11.7 Å². The molecule has 5 heteroatoms. The van der Waals surface area contributed by atoms with Crippen molar-refractivity contribution in [2.24, 2.45) is 5.92 Å². The second kappa shape index (κ2) is 7.23. The second-order valence-corrected chi connectivity index (χ2v) is 6.31. The molecule has 1 saturated heterocycles. The minimum atomic E-state index is -0.576. The number of carbonyl (C=O) groups is 1. The minimum Gasteiger partial charge on any atom is -0.352 e. The summed E-state index contributed by atoms with van der Waals surface area (Å²) in [6.45, 7) is 7.01. The molecule has 1 N–H and O–H groups in total. The van der Waals surface area contributed by atoms with Crippen molar-refractivity contribution >= 4 is 17.5 Å². The van der Waals surface area contributed by atoms with Gasteiger partial charge in [-0.05, 0) is 51.3 Å². The number of nitrogens with zero attached hydrogens (tertiary/aromatic N) is 1.